The van der Waals surface area contributed by atoms with Gasteiger partial charge in [0.15, 0.2) is 0 Å². The van der Waals surface area contributed by atoms with Gasteiger partial charge in [-0.2, -0.15) is 0 Å². The normalized spacial score (nSPS) is 10.5. The third kappa shape index (κ3) is 2.69. The minimum atomic E-state index is -0.515. The van der Waals surface area contributed by atoms with Gasteiger partial charge in [-0.15, -0.1) is 22.7 Å². The van der Waals surface area contributed by atoms with E-state index in [0.29, 0.717) is 16.1 Å². The molecule has 0 unspecified atom stereocenters. The Morgan fingerprint density at radius 1 is 1.26 bits per heavy atom. The maximum absolute atomic E-state index is 12.1. The van der Waals surface area contributed by atoms with Crippen molar-refractivity contribution in [2.75, 3.05) is 5.32 Å². The number of nitrogens with two attached hydrogens (primary N) is 1. The van der Waals surface area contributed by atoms with E-state index in [1.54, 1.807) is 5.38 Å². The molecule has 0 atom stereocenters. The van der Waals surface area contributed by atoms with Crippen LogP contribution in [0.15, 0.2) is 11.4 Å². The topological polar surface area (TPSA) is 72.2 Å². The Morgan fingerprint density at radius 3 is 2.47 bits per heavy atom. The second-order valence-electron chi connectivity index (χ2n) is 4.25. The highest BCUT2D eigenvalue weighted by Gasteiger charge is 2.19. The zero-order valence-electron chi connectivity index (χ0n) is 10.9. The monoisotopic (exact) mass is 294 g/mol. The molecule has 2 aromatic rings. The molecule has 3 N–H and O–H groups in total. The second kappa shape index (κ2) is 5.14. The first-order valence-electron chi connectivity index (χ1n) is 5.66. The molecule has 2 amide bonds. The third-order valence-electron chi connectivity index (χ3n) is 2.85. The van der Waals surface area contributed by atoms with Gasteiger partial charge in [-0.25, -0.2) is 0 Å². The Morgan fingerprint density at radius 2 is 1.95 bits per heavy atom. The molecule has 0 spiro atoms. The average Bonchev–Trinajstić information content (AvgIpc) is 2.85. The van der Waals surface area contributed by atoms with Crippen molar-refractivity contribution in [3.63, 3.8) is 0 Å². The molecular formula is C13H14N2O2S2. The summed E-state index contributed by atoms with van der Waals surface area (Å²) in [5.74, 6) is -0.730. The molecule has 0 aromatic carbocycles. The zero-order valence-corrected chi connectivity index (χ0v) is 12.5. The van der Waals surface area contributed by atoms with Gasteiger partial charge < -0.3 is 11.1 Å². The van der Waals surface area contributed by atoms with E-state index < -0.39 is 5.91 Å². The van der Waals surface area contributed by atoms with Crippen molar-refractivity contribution in [1.82, 2.24) is 0 Å². The lowest BCUT2D eigenvalue weighted by molar-refractivity contribution is 0.100. The van der Waals surface area contributed by atoms with Crippen LogP contribution in [0.5, 0.6) is 0 Å². The Labute approximate surface area is 119 Å². The van der Waals surface area contributed by atoms with Crippen LogP contribution in [0, 0.1) is 20.8 Å². The molecule has 0 aliphatic heterocycles. The largest absolute Gasteiger partial charge is 0.365 e. The summed E-state index contributed by atoms with van der Waals surface area (Å²) in [6, 6.07) is 1.82. The SMILES string of the molecule is Cc1cc(C(=O)Nc2sc(C)c(C)c2C(N)=O)cs1. The number of primary amides is 1. The lowest BCUT2D eigenvalue weighted by Gasteiger charge is -2.03. The summed E-state index contributed by atoms with van der Waals surface area (Å²) in [6.45, 7) is 5.67. The molecule has 0 aliphatic rings. The zero-order chi connectivity index (χ0) is 14.2. The first kappa shape index (κ1) is 13.8. The molecular weight excluding hydrogens is 280 g/mol. The third-order valence-corrected chi connectivity index (χ3v) is 4.84. The fourth-order valence-electron chi connectivity index (χ4n) is 1.75. The van der Waals surface area contributed by atoms with Crippen LogP contribution in [0.2, 0.25) is 0 Å². The van der Waals surface area contributed by atoms with Crippen LogP contribution in [0.1, 0.15) is 36.0 Å². The molecule has 2 heterocycles. The standard InChI is InChI=1S/C13H14N2O2S2/c1-6-4-9(5-18-6)12(17)15-13-10(11(14)16)7(2)8(3)19-13/h4-5H,1-3H3,(H2,14,16)(H,15,17). The molecule has 4 nitrogen and oxygen atoms in total. The van der Waals surface area contributed by atoms with Gasteiger partial charge in [0, 0.05) is 15.1 Å². The predicted molar refractivity (Wildman–Crippen MR) is 79.3 cm³/mol. The molecule has 0 radical (unpaired) electrons. The predicted octanol–water partition coefficient (Wildman–Crippen LogP) is 3.09. The van der Waals surface area contributed by atoms with E-state index in [1.807, 2.05) is 26.8 Å². The van der Waals surface area contributed by atoms with Crippen molar-refractivity contribution >= 4 is 39.5 Å². The van der Waals surface area contributed by atoms with Gasteiger partial charge in [0.25, 0.3) is 11.8 Å². The summed E-state index contributed by atoms with van der Waals surface area (Å²) in [6.07, 6.45) is 0. The molecule has 0 fully saturated rings. The molecule has 0 bridgehead atoms. The Balaban J connectivity index is 2.31. The van der Waals surface area contributed by atoms with Gasteiger partial charge in [0.1, 0.15) is 5.00 Å². The fraction of sp³-hybridized carbons (Fsp3) is 0.231. The number of amides is 2. The molecule has 100 valence electrons. The van der Waals surface area contributed by atoms with E-state index in [-0.39, 0.29) is 5.91 Å². The van der Waals surface area contributed by atoms with E-state index in [0.717, 1.165) is 15.3 Å². The highest BCUT2D eigenvalue weighted by Crippen LogP contribution is 2.32. The maximum atomic E-state index is 12.1. The number of hydrogen-bond donors (Lipinski definition) is 2. The summed E-state index contributed by atoms with van der Waals surface area (Å²) in [4.78, 5) is 25.6. The molecule has 0 saturated carbocycles. The van der Waals surface area contributed by atoms with Crippen LogP contribution in [-0.4, -0.2) is 11.8 Å². The molecule has 0 aliphatic carbocycles. The highest BCUT2D eigenvalue weighted by atomic mass is 32.1. The number of carbonyl (C=O) groups excluding carboxylic acids is 2. The van der Waals surface area contributed by atoms with Crippen molar-refractivity contribution in [3.05, 3.63) is 37.9 Å². The van der Waals surface area contributed by atoms with Crippen LogP contribution in [-0.2, 0) is 0 Å². The molecule has 0 saturated heterocycles. The van der Waals surface area contributed by atoms with Gasteiger partial charge in [0.2, 0.25) is 0 Å². The van der Waals surface area contributed by atoms with Crippen molar-refractivity contribution in [2.24, 2.45) is 5.73 Å². The van der Waals surface area contributed by atoms with Crippen LogP contribution < -0.4 is 11.1 Å². The van der Waals surface area contributed by atoms with Gasteiger partial charge >= 0.3 is 0 Å². The van der Waals surface area contributed by atoms with Crippen molar-refractivity contribution < 1.29 is 9.59 Å². The minimum Gasteiger partial charge on any atom is -0.365 e. The number of hydrogen-bond acceptors (Lipinski definition) is 4. The summed E-state index contributed by atoms with van der Waals surface area (Å²) < 4.78 is 0. The lowest BCUT2D eigenvalue weighted by atomic mass is 10.1. The van der Waals surface area contributed by atoms with Crippen LogP contribution in [0.25, 0.3) is 0 Å². The number of carbonyl (C=O) groups is 2. The van der Waals surface area contributed by atoms with Crippen LogP contribution in [0.3, 0.4) is 0 Å². The number of nitrogens with one attached hydrogen (secondary N) is 1. The fourth-order valence-corrected chi connectivity index (χ4v) is 3.49. The first-order valence-corrected chi connectivity index (χ1v) is 7.36. The van der Waals surface area contributed by atoms with E-state index in [2.05, 4.69) is 5.32 Å². The summed E-state index contributed by atoms with van der Waals surface area (Å²) in [5.41, 5.74) is 7.20. The highest BCUT2D eigenvalue weighted by molar-refractivity contribution is 7.17. The number of aryl methyl sites for hydroxylation is 2. The van der Waals surface area contributed by atoms with E-state index in [9.17, 15) is 9.59 Å². The van der Waals surface area contributed by atoms with Crippen LogP contribution in [0.4, 0.5) is 5.00 Å². The summed E-state index contributed by atoms with van der Waals surface area (Å²) >= 11 is 2.88. The number of thiophene rings is 2. The van der Waals surface area contributed by atoms with Crippen molar-refractivity contribution in [3.8, 4) is 0 Å². The van der Waals surface area contributed by atoms with Gasteiger partial charge in [-0.05, 0) is 32.4 Å². The number of rotatable bonds is 3. The second-order valence-corrected chi connectivity index (χ2v) is 6.59. The smallest absolute Gasteiger partial charge is 0.257 e. The molecule has 19 heavy (non-hydrogen) atoms. The van der Waals surface area contributed by atoms with E-state index >= 15 is 0 Å². The van der Waals surface area contributed by atoms with Gasteiger partial charge in [-0.3, -0.25) is 9.59 Å². The quantitative estimate of drug-likeness (QED) is 0.913. The van der Waals surface area contributed by atoms with Gasteiger partial charge in [0.05, 0.1) is 11.1 Å². The van der Waals surface area contributed by atoms with E-state index in [1.165, 1.54) is 22.7 Å². The first-order chi connectivity index (χ1) is 8.90. The lowest BCUT2D eigenvalue weighted by Crippen LogP contribution is -2.17. The molecule has 2 aromatic heterocycles. The Hall–Kier alpha value is -1.66. The summed E-state index contributed by atoms with van der Waals surface area (Å²) in [7, 11) is 0. The molecule has 2 rings (SSSR count). The average molecular weight is 294 g/mol. The van der Waals surface area contributed by atoms with Gasteiger partial charge in [-0.1, -0.05) is 0 Å². The van der Waals surface area contributed by atoms with E-state index in [4.69, 9.17) is 5.73 Å². The van der Waals surface area contributed by atoms with Crippen molar-refractivity contribution in [1.29, 1.82) is 0 Å². The van der Waals surface area contributed by atoms with Crippen molar-refractivity contribution in [2.45, 2.75) is 20.8 Å². The Bertz CT molecular complexity index is 656. The van der Waals surface area contributed by atoms with Crippen LogP contribution >= 0.6 is 22.7 Å². The minimum absolute atomic E-state index is 0.215. The maximum Gasteiger partial charge on any atom is 0.257 e. The Kier molecular flexibility index (Phi) is 3.73. The number of anilines is 1. The molecule has 6 heteroatoms. The summed E-state index contributed by atoms with van der Waals surface area (Å²) in [5, 5.41) is 5.09.